The molecule has 3 aliphatic heterocycles. The molecule has 0 radical (unpaired) electrons. The van der Waals surface area contributed by atoms with Crippen molar-refractivity contribution < 1.29 is 28.6 Å². The Kier molecular flexibility index (Phi) is 7.93. The van der Waals surface area contributed by atoms with Gasteiger partial charge in [0.2, 0.25) is 12.3 Å². The Bertz CT molecular complexity index is 929. The van der Waals surface area contributed by atoms with E-state index in [1.165, 1.54) is 0 Å². The average Bonchev–Trinajstić information content (AvgIpc) is 2.88. The molecule has 3 aliphatic rings. The molecule has 0 bridgehead atoms. The molecule has 1 N–H and O–H groups in total. The Morgan fingerprint density at radius 1 is 1.09 bits per heavy atom. The summed E-state index contributed by atoms with van der Waals surface area (Å²) in [5, 5.41) is 2.39. The highest BCUT2D eigenvalue weighted by atomic mass is 16.7. The Balaban J connectivity index is 1.61. The van der Waals surface area contributed by atoms with Crippen molar-refractivity contribution in [2.75, 3.05) is 65.5 Å². The first-order chi connectivity index (χ1) is 16.9. The van der Waals surface area contributed by atoms with Gasteiger partial charge < -0.3 is 19.1 Å². The first kappa shape index (κ1) is 25.4. The van der Waals surface area contributed by atoms with Crippen LogP contribution in [0, 0.1) is 5.41 Å². The number of methoxy groups -OCH3 is 3. The van der Waals surface area contributed by atoms with Crippen LogP contribution < -0.4 is 15.0 Å². The summed E-state index contributed by atoms with van der Waals surface area (Å²) in [5.41, 5.74) is 1.78. The molecule has 35 heavy (non-hydrogen) atoms. The maximum atomic E-state index is 12.6. The maximum absolute atomic E-state index is 12.6. The minimum atomic E-state index is -0.441. The minimum absolute atomic E-state index is 0.0532. The number of urea groups is 1. The van der Waals surface area contributed by atoms with Crippen LogP contribution in [0.3, 0.4) is 0 Å². The molecule has 4 amide bonds. The molecule has 0 saturated carbocycles. The maximum Gasteiger partial charge on any atom is 0.328 e. The molecule has 1 unspecified atom stereocenters. The van der Waals surface area contributed by atoms with Gasteiger partial charge in [-0.3, -0.25) is 24.7 Å². The number of nitrogens with one attached hydrogen (secondary N) is 1. The van der Waals surface area contributed by atoms with Gasteiger partial charge in [0.25, 0.3) is 0 Å². The molecule has 192 valence electrons. The minimum Gasteiger partial charge on any atom is -0.495 e. The highest BCUT2D eigenvalue weighted by Crippen LogP contribution is 2.51. The zero-order valence-corrected chi connectivity index (χ0v) is 20.8. The van der Waals surface area contributed by atoms with Gasteiger partial charge in [-0.15, -0.1) is 0 Å². The fourth-order valence-electron chi connectivity index (χ4n) is 5.78. The lowest BCUT2D eigenvalue weighted by atomic mass is 9.62. The smallest absolute Gasteiger partial charge is 0.328 e. The normalized spacial score (nSPS) is 23.0. The molecule has 1 aromatic rings. The quantitative estimate of drug-likeness (QED) is 0.440. The monoisotopic (exact) mass is 488 g/mol. The number of carbonyl (C=O) groups is 3. The van der Waals surface area contributed by atoms with Gasteiger partial charge >= 0.3 is 6.03 Å². The van der Waals surface area contributed by atoms with Crippen molar-refractivity contribution in [3.05, 3.63) is 23.8 Å². The molecule has 4 rings (SSSR count). The van der Waals surface area contributed by atoms with E-state index in [1.54, 1.807) is 26.2 Å². The summed E-state index contributed by atoms with van der Waals surface area (Å²) in [5.74, 6) is 0.434. The van der Waals surface area contributed by atoms with Crippen molar-refractivity contribution >= 4 is 24.0 Å². The van der Waals surface area contributed by atoms with E-state index in [0.717, 1.165) is 57.4 Å². The average molecular weight is 489 g/mol. The molecule has 10 nitrogen and oxygen atoms in total. The summed E-state index contributed by atoms with van der Waals surface area (Å²) in [7, 11) is 4.89. The van der Waals surface area contributed by atoms with Crippen LogP contribution in [0.4, 0.5) is 10.5 Å². The molecule has 0 aliphatic carbocycles. The predicted octanol–water partition coefficient (Wildman–Crippen LogP) is 1.79. The van der Waals surface area contributed by atoms with Crippen LogP contribution in [0.5, 0.6) is 5.75 Å². The largest absolute Gasteiger partial charge is 0.495 e. The molecule has 3 heterocycles. The van der Waals surface area contributed by atoms with Gasteiger partial charge in [0, 0.05) is 52.7 Å². The number of anilines is 1. The molecule has 1 aromatic carbocycles. The van der Waals surface area contributed by atoms with Gasteiger partial charge in [-0.05, 0) is 55.5 Å². The van der Waals surface area contributed by atoms with Gasteiger partial charge in [0.05, 0.1) is 12.8 Å². The third-order valence-corrected chi connectivity index (χ3v) is 7.94. The number of imide groups is 1. The van der Waals surface area contributed by atoms with Crippen molar-refractivity contribution in [2.24, 2.45) is 5.41 Å². The van der Waals surface area contributed by atoms with Gasteiger partial charge in [0.15, 0.2) is 6.29 Å². The first-order valence-corrected chi connectivity index (χ1v) is 12.2. The lowest BCUT2D eigenvalue weighted by molar-refractivity contribution is -0.127. The summed E-state index contributed by atoms with van der Waals surface area (Å²) >= 11 is 0. The lowest BCUT2D eigenvalue weighted by Crippen LogP contribution is -2.52. The van der Waals surface area contributed by atoms with Crippen LogP contribution in [0.1, 0.15) is 37.2 Å². The Morgan fingerprint density at radius 3 is 2.43 bits per heavy atom. The molecule has 10 heteroatoms. The highest BCUT2D eigenvalue weighted by Gasteiger charge is 2.46. The number of hydrogen-bond donors (Lipinski definition) is 1. The zero-order chi connectivity index (χ0) is 25.0. The van der Waals surface area contributed by atoms with Crippen molar-refractivity contribution in [3.8, 4) is 5.75 Å². The number of amides is 4. The van der Waals surface area contributed by atoms with Crippen LogP contribution in [0.25, 0.3) is 0 Å². The first-order valence-electron chi connectivity index (χ1n) is 12.2. The van der Waals surface area contributed by atoms with Crippen molar-refractivity contribution in [2.45, 2.75) is 37.9 Å². The predicted molar refractivity (Wildman–Crippen MR) is 129 cm³/mol. The van der Waals surface area contributed by atoms with Crippen LogP contribution in [0.15, 0.2) is 18.2 Å². The summed E-state index contributed by atoms with van der Waals surface area (Å²) in [6.45, 7) is 4.28. The summed E-state index contributed by atoms with van der Waals surface area (Å²) in [6, 6.07) is 5.50. The van der Waals surface area contributed by atoms with E-state index in [0.29, 0.717) is 24.5 Å². The molecular formula is C25H36N4O6. The van der Waals surface area contributed by atoms with E-state index in [4.69, 9.17) is 14.2 Å². The number of piperidine rings is 2. The second-order valence-electron chi connectivity index (χ2n) is 9.65. The van der Waals surface area contributed by atoms with Crippen molar-refractivity contribution in [3.63, 3.8) is 0 Å². The van der Waals surface area contributed by atoms with Crippen LogP contribution in [-0.4, -0.2) is 95.0 Å². The van der Waals surface area contributed by atoms with Gasteiger partial charge in [-0.2, -0.15) is 0 Å². The lowest BCUT2D eigenvalue weighted by Gasteiger charge is -2.51. The number of carbonyl (C=O) groups excluding carboxylic acids is 3. The van der Waals surface area contributed by atoms with E-state index in [2.05, 4.69) is 10.2 Å². The Hall–Kier alpha value is -2.69. The van der Waals surface area contributed by atoms with Crippen LogP contribution in [0.2, 0.25) is 0 Å². The summed E-state index contributed by atoms with van der Waals surface area (Å²) in [4.78, 5) is 41.8. The number of benzene rings is 1. The molecule has 0 aromatic heterocycles. The molecule has 3 fully saturated rings. The Morgan fingerprint density at radius 2 is 1.80 bits per heavy atom. The topological polar surface area (TPSA) is 101 Å². The number of nitrogens with zero attached hydrogens (tertiary/aromatic N) is 3. The van der Waals surface area contributed by atoms with Gasteiger partial charge in [0.1, 0.15) is 5.75 Å². The van der Waals surface area contributed by atoms with Gasteiger partial charge in [-0.1, -0.05) is 6.07 Å². The molecule has 3 saturated heterocycles. The van der Waals surface area contributed by atoms with Crippen LogP contribution in [-0.2, 0) is 19.1 Å². The van der Waals surface area contributed by atoms with Gasteiger partial charge in [-0.25, -0.2) is 4.79 Å². The van der Waals surface area contributed by atoms with E-state index in [-0.39, 0.29) is 30.0 Å². The second-order valence-corrected chi connectivity index (χ2v) is 9.65. The number of likely N-dealkylation sites (tertiary alicyclic amines) is 2. The van der Waals surface area contributed by atoms with E-state index < -0.39 is 6.03 Å². The number of ether oxygens (including phenoxy) is 3. The number of hydrogen-bond acceptors (Lipinski definition) is 7. The SMILES string of the molecule is COc1ccc(C2CN(C=O)CCC23CCN(CC(OC)OC)CC3)cc1N1CCC(=O)NC1=O. The third-order valence-electron chi connectivity index (χ3n) is 7.94. The molecule has 1 atom stereocenters. The van der Waals surface area contributed by atoms with E-state index in [9.17, 15) is 14.4 Å². The fraction of sp³-hybridized carbons (Fsp3) is 0.640. The standard InChI is InChI=1S/C25H36N4O6/c1-33-21-5-4-18(14-20(21)29-10-6-22(31)26-24(29)32)19-15-28(17-30)13-9-25(19)7-11-27(12-8-25)16-23(34-2)35-3/h4-5,14,17,19,23H,6-13,15-16H2,1-3H3,(H,26,31,32). The molecule has 1 spiro atoms. The van der Waals surface area contributed by atoms with E-state index >= 15 is 0 Å². The Labute approximate surface area is 206 Å². The van der Waals surface area contributed by atoms with Crippen molar-refractivity contribution in [1.29, 1.82) is 0 Å². The third kappa shape index (κ3) is 5.29. The summed E-state index contributed by atoms with van der Waals surface area (Å²) < 4.78 is 16.3. The second kappa shape index (κ2) is 10.9. The van der Waals surface area contributed by atoms with E-state index in [1.807, 2.05) is 23.1 Å². The molecular weight excluding hydrogens is 452 g/mol. The number of rotatable bonds is 8. The van der Waals surface area contributed by atoms with Crippen molar-refractivity contribution in [1.82, 2.24) is 15.1 Å². The summed E-state index contributed by atoms with van der Waals surface area (Å²) in [6.07, 6.45) is 3.87. The van der Waals surface area contributed by atoms with Crippen LogP contribution >= 0.6 is 0 Å². The highest BCUT2D eigenvalue weighted by molar-refractivity contribution is 6.06. The zero-order valence-electron chi connectivity index (χ0n) is 20.8. The fourth-order valence-corrected chi connectivity index (χ4v) is 5.78.